The van der Waals surface area contributed by atoms with Gasteiger partial charge in [-0.1, -0.05) is 25.7 Å². The lowest BCUT2D eigenvalue weighted by Gasteiger charge is -2.13. The van der Waals surface area contributed by atoms with E-state index in [9.17, 15) is 5.11 Å². The molecule has 3 heteroatoms. The summed E-state index contributed by atoms with van der Waals surface area (Å²) in [5.41, 5.74) is 0. The lowest BCUT2D eigenvalue weighted by atomic mass is 9.99. The second-order valence-electron chi connectivity index (χ2n) is 4.07. The van der Waals surface area contributed by atoms with Gasteiger partial charge in [0.05, 0.1) is 6.10 Å². The summed E-state index contributed by atoms with van der Waals surface area (Å²) in [6, 6.07) is 2.03. The molecule has 0 spiro atoms. The lowest BCUT2D eigenvalue weighted by Crippen LogP contribution is -2.02. The highest BCUT2D eigenvalue weighted by atomic mass is 79.9. The molecule has 1 N–H and O–H groups in total. The Morgan fingerprint density at radius 1 is 1.50 bits per heavy atom. The van der Waals surface area contributed by atoms with Gasteiger partial charge in [-0.25, -0.2) is 0 Å². The summed E-state index contributed by atoms with van der Waals surface area (Å²) in [4.78, 5) is 1.10. The normalized spacial score (nSPS) is 20.1. The Balaban J connectivity index is 1.91. The zero-order valence-electron chi connectivity index (χ0n) is 8.08. The quantitative estimate of drug-likeness (QED) is 0.879. The molecule has 1 aliphatic rings. The highest BCUT2D eigenvalue weighted by molar-refractivity contribution is 9.10. The first-order chi connectivity index (χ1) is 6.75. The molecule has 1 aromatic rings. The molecular weight excluding hydrogens is 260 g/mol. The SMILES string of the molecule is OC(CC1CCCC1)c1cc(Br)cs1. The van der Waals surface area contributed by atoms with E-state index in [1.54, 1.807) is 11.3 Å². The van der Waals surface area contributed by atoms with Crippen molar-refractivity contribution in [3.05, 3.63) is 20.8 Å². The minimum atomic E-state index is -0.241. The Morgan fingerprint density at radius 2 is 2.21 bits per heavy atom. The molecule has 78 valence electrons. The molecule has 1 aromatic heterocycles. The van der Waals surface area contributed by atoms with Crippen LogP contribution in [0.5, 0.6) is 0 Å². The molecule has 1 unspecified atom stereocenters. The van der Waals surface area contributed by atoms with Crippen LogP contribution in [0.15, 0.2) is 15.9 Å². The molecular formula is C11H15BrOS. The molecule has 0 aliphatic heterocycles. The molecule has 2 rings (SSSR count). The summed E-state index contributed by atoms with van der Waals surface area (Å²) in [7, 11) is 0. The monoisotopic (exact) mass is 274 g/mol. The van der Waals surface area contributed by atoms with Crippen LogP contribution in [0.1, 0.15) is 43.1 Å². The highest BCUT2D eigenvalue weighted by Gasteiger charge is 2.20. The van der Waals surface area contributed by atoms with E-state index in [1.807, 2.05) is 11.4 Å². The number of thiophene rings is 1. The Kier molecular flexibility index (Phi) is 3.63. The van der Waals surface area contributed by atoms with Gasteiger partial charge in [0.15, 0.2) is 0 Å². The smallest absolute Gasteiger partial charge is 0.0885 e. The molecule has 0 radical (unpaired) electrons. The van der Waals surface area contributed by atoms with Crippen LogP contribution in [0.25, 0.3) is 0 Å². The first kappa shape index (κ1) is 10.7. The Hall–Kier alpha value is 0.140. The van der Waals surface area contributed by atoms with Gasteiger partial charge in [0, 0.05) is 14.7 Å². The largest absolute Gasteiger partial charge is 0.388 e. The van der Waals surface area contributed by atoms with E-state index in [4.69, 9.17) is 0 Å². The van der Waals surface area contributed by atoms with Gasteiger partial charge in [0.2, 0.25) is 0 Å². The van der Waals surface area contributed by atoms with Crippen LogP contribution >= 0.6 is 27.3 Å². The summed E-state index contributed by atoms with van der Waals surface area (Å²) >= 11 is 5.06. The summed E-state index contributed by atoms with van der Waals surface area (Å²) in [6.45, 7) is 0. The van der Waals surface area contributed by atoms with Crippen LogP contribution < -0.4 is 0 Å². The number of hydrogen-bond acceptors (Lipinski definition) is 2. The standard InChI is InChI=1S/C11H15BrOS/c12-9-6-11(14-7-9)10(13)5-8-3-1-2-4-8/h6-8,10,13H,1-5H2. The van der Waals surface area contributed by atoms with Crippen molar-refractivity contribution >= 4 is 27.3 Å². The van der Waals surface area contributed by atoms with E-state index in [0.717, 1.165) is 21.7 Å². The van der Waals surface area contributed by atoms with Crippen molar-refractivity contribution in [2.24, 2.45) is 5.92 Å². The van der Waals surface area contributed by atoms with Crippen molar-refractivity contribution in [2.45, 2.75) is 38.2 Å². The fraction of sp³-hybridized carbons (Fsp3) is 0.636. The van der Waals surface area contributed by atoms with E-state index >= 15 is 0 Å². The van der Waals surface area contributed by atoms with Crippen LogP contribution in [0.4, 0.5) is 0 Å². The van der Waals surface area contributed by atoms with Gasteiger partial charge in [-0.05, 0) is 34.3 Å². The Labute approximate surface area is 97.3 Å². The third-order valence-electron chi connectivity index (χ3n) is 2.95. The predicted molar refractivity (Wildman–Crippen MR) is 63.6 cm³/mol. The Morgan fingerprint density at radius 3 is 2.79 bits per heavy atom. The van der Waals surface area contributed by atoms with Crippen molar-refractivity contribution in [3.63, 3.8) is 0 Å². The second kappa shape index (κ2) is 4.77. The van der Waals surface area contributed by atoms with Crippen molar-refractivity contribution in [1.82, 2.24) is 0 Å². The third kappa shape index (κ3) is 2.59. The molecule has 1 aliphatic carbocycles. The summed E-state index contributed by atoms with van der Waals surface area (Å²) in [5.74, 6) is 0.755. The summed E-state index contributed by atoms with van der Waals surface area (Å²) < 4.78 is 1.09. The molecule has 0 bridgehead atoms. The number of hydrogen-bond donors (Lipinski definition) is 1. The number of rotatable bonds is 3. The van der Waals surface area contributed by atoms with Gasteiger partial charge >= 0.3 is 0 Å². The van der Waals surface area contributed by atoms with Crippen LogP contribution in [0, 0.1) is 5.92 Å². The molecule has 1 heterocycles. The number of halogens is 1. The maximum absolute atomic E-state index is 9.98. The van der Waals surface area contributed by atoms with Gasteiger partial charge in [0.25, 0.3) is 0 Å². The lowest BCUT2D eigenvalue weighted by molar-refractivity contribution is 0.148. The van der Waals surface area contributed by atoms with E-state index in [0.29, 0.717) is 0 Å². The van der Waals surface area contributed by atoms with Gasteiger partial charge < -0.3 is 5.11 Å². The topological polar surface area (TPSA) is 20.2 Å². The minimum absolute atomic E-state index is 0.241. The molecule has 0 saturated heterocycles. The van der Waals surface area contributed by atoms with Crippen molar-refractivity contribution in [3.8, 4) is 0 Å². The van der Waals surface area contributed by atoms with Crippen LogP contribution in [-0.2, 0) is 0 Å². The molecule has 0 amide bonds. The van der Waals surface area contributed by atoms with Crippen LogP contribution in [-0.4, -0.2) is 5.11 Å². The van der Waals surface area contributed by atoms with Crippen LogP contribution in [0.3, 0.4) is 0 Å². The van der Waals surface area contributed by atoms with E-state index in [2.05, 4.69) is 15.9 Å². The van der Waals surface area contributed by atoms with Crippen molar-refractivity contribution < 1.29 is 5.11 Å². The maximum Gasteiger partial charge on any atom is 0.0885 e. The molecule has 1 fully saturated rings. The Bertz CT molecular complexity index is 291. The molecule has 14 heavy (non-hydrogen) atoms. The average molecular weight is 275 g/mol. The fourth-order valence-corrected chi connectivity index (χ4v) is 3.62. The number of aliphatic hydroxyl groups excluding tert-OH is 1. The zero-order chi connectivity index (χ0) is 9.97. The molecule has 1 atom stereocenters. The predicted octanol–water partition coefficient (Wildman–Crippen LogP) is 4.12. The van der Waals surface area contributed by atoms with Crippen molar-refractivity contribution in [1.29, 1.82) is 0 Å². The van der Waals surface area contributed by atoms with E-state index in [-0.39, 0.29) is 6.10 Å². The minimum Gasteiger partial charge on any atom is -0.388 e. The fourth-order valence-electron chi connectivity index (χ4n) is 2.18. The first-order valence-corrected chi connectivity index (χ1v) is 6.85. The van der Waals surface area contributed by atoms with Crippen LogP contribution in [0.2, 0.25) is 0 Å². The number of aliphatic hydroxyl groups is 1. The molecule has 1 nitrogen and oxygen atoms in total. The van der Waals surface area contributed by atoms with E-state index < -0.39 is 0 Å². The first-order valence-electron chi connectivity index (χ1n) is 5.17. The third-order valence-corrected chi connectivity index (χ3v) is 4.74. The molecule has 0 aromatic carbocycles. The highest BCUT2D eigenvalue weighted by Crippen LogP contribution is 2.35. The zero-order valence-corrected chi connectivity index (χ0v) is 10.5. The van der Waals surface area contributed by atoms with Gasteiger partial charge in [-0.2, -0.15) is 0 Å². The molecule has 1 saturated carbocycles. The van der Waals surface area contributed by atoms with E-state index in [1.165, 1.54) is 25.7 Å². The maximum atomic E-state index is 9.98. The van der Waals surface area contributed by atoms with Gasteiger partial charge in [-0.15, -0.1) is 11.3 Å². The second-order valence-corrected chi connectivity index (χ2v) is 5.93. The summed E-state index contributed by atoms with van der Waals surface area (Å²) in [5, 5.41) is 12.0. The van der Waals surface area contributed by atoms with Gasteiger partial charge in [0.1, 0.15) is 0 Å². The van der Waals surface area contributed by atoms with Gasteiger partial charge in [-0.3, -0.25) is 0 Å². The average Bonchev–Trinajstić information content (AvgIpc) is 2.75. The van der Waals surface area contributed by atoms with Crippen molar-refractivity contribution in [2.75, 3.05) is 0 Å². The summed E-state index contributed by atoms with van der Waals surface area (Å²) in [6.07, 6.45) is 6.03.